The topological polar surface area (TPSA) is 22.1 Å². The average Bonchev–Trinajstić information content (AvgIpc) is 2.53. The number of fused-ring (bicyclic) bond motifs is 1. The highest BCUT2D eigenvalue weighted by molar-refractivity contribution is 6.35. The van der Waals surface area contributed by atoms with Crippen molar-refractivity contribution < 1.29 is 17.9 Å². The van der Waals surface area contributed by atoms with Gasteiger partial charge in [-0.25, -0.2) is 4.98 Å². The quantitative estimate of drug-likeness (QED) is 0.631. The number of alkyl halides is 3. The number of pyridine rings is 1. The molecule has 0 saturated heterocycles. The minimum absolute atomic E-state index is 0.0175. The van der Waals surface area contributed by atoms with Gasteiger partial charge in [0.1, 0.15) is 18.1 Å². The van der Waals surface area contributed by atoms with Gasteiger partial charge in [0.05, 0.1) is 10.5 Å². The lowest BCUT2D eigenvalue weighted by atomic mass is 10.1. The first kappa shape index (κ1) is 15.6. The molecule has 0 aliphatic carbocycles. The maximum Gasteiger partial charge on any atom is 0.433 e. The van der Waals surface area contributed by atoms with Crippen LogP contribution in [0.15, 0.2) is 54.6 Å². The summed E-state index contributed by atoms with van der Waals surface area (Å²) in [5.74, 6) is 0.712. The predicted molar refractivity (Wildman–Crippen MR) is 82.5 cm³/mol. The number of rotatable bonds is 3. The minimum atomic E-state index is -4.52. The Hall–Kier alpha value is -2.27. The molecule has 23 heavy (non-hydrogen) atoms. The SMILES string of the molecule is FC(F)(F)c1cc(Cl)c2cc(COc3ccccc3)ccc2n1. The molecule has 0 spiro atoms. The third-order valence-corrected chi connectivity index (χ3v) is 3.57. The second-order valence-corrected chi connectivity index (χ2v) is 5.35. The number of hydrogen-bond acceptors (Lipinski definition) is 2. The van der Waals surface area contributed by atoms with Crippen LogP contribution in [0.25, 0.3) is 10.9 Å². The molecule has 0 radical (unpaired) electrons. The molecule has 2 nitrogen and oxygen atoms in total. The van der Waals surface area contributed by atoms with E-state index in [-0.39, 0.29) is 17.1 Å². The van der Waals surface area contributed by atoms with Gasteiger partial charge in [0.25, 0.3) is 0 Å². The summed E-state index contributed by atoms with van der Waals surface area (Å²) in [6, 6.07) is 15.0. The number of aromatic nitrogens is 1. The van der Waals surface area contributed by atoms with Crippen LogP contribution in [0.3, 0.4) is 0 Å². The second-order valence-electron chi connectivity index (χ2n) is 4.94. The fraction of sp³-hybridized carbons (Fsp3) is 0.118. The van der Waals surface area contributed by atoms with Crippen molar-refractivity contribution in [3.63, 3.8) is 0 Å². The van der Waals surface area contributed by atoms with Crippen LogP contribution in [-0.2, 0) is 12.8 Å². The highest BCUT2D eigenvalue weighted by atomic mass is 35.5. The molecule has 0 fully saturated rings. The lowest BCUT2D eigenvalue weighted by Gasteiger charge is -2.10. The molecule has 3 rings (SSSR count). The summed E-state index contributed by atoms with van der Waals surface area (Å²) in [5, 5.41) is 0.484. The molecule has 2 aromatic carbocycles. The number of nitrogens with zero attached hydrogens (tertiary/aromatic N) is 1. The maximum absolute atomic E-state index is 12.7. The first-order chi connectivity index (χ1) is 10.9. The van der Waals surface area contributed by atoms with Crippen molar-refractivity contribution >= 4 is 22.5 Å². The first-order valence-electron chi connectivity index (χ1n) is 6.78. The summed E-state index contributed by atoms with van der Waals surface area (Å²) >= 11 is 5.98. The molecule has 6 heteroatoms. The van der Waals surface area contributed by atoms with E-state index in [2.05, 4.69) is 4.98 Å². The Balaban J connectivity index is 1.89. The van der Waals surface area contributed by atoms with Crippen LogP contribution in [0, 0.1) is 0 Å². The van der Waals surface area contributed by atoms with Gasteiger partial charge in [0.15, 0.2) is 0 Å². The van der Waals surface area contributed by atoms with E-state index in [9.17, 15) is 13.2 Å². The molecule has 0 saturated carbocycles. The number of ether oxygens (including phenoxy) is 1. The van der Waals surface area contributed by atoms with Crippen LogP contribution in [0.1, 0.15) is 11.3 Å². The van der Waals surface area contributed by atoms with Crippen LogP contribution in [0.4, 0.5) is 13.2 Å². The Morgan fingerprint density at radius 3 is 2.43 bits per heavy atom. The molecular weight excluding hydrogens is 327 g/mol. The van der Waals surface area contributed by atoms with Gasteiger partial charge in [0.2, 0.25) is 0 Å². The summed E-state index contributed by atoms with van der Waals surface area (Å²) in [5.41, 5.74) is 0.00128. The minimum Gasteiger partial charge on any atom is -0.489 e. The first-order valence-corrected chi connectivity index (χ1v) is 7.15. The van der Waals surface area contributed by atoms with Gasteiger partial charge in [0, 0.05) is 5.39 Å². The van der Waals surface area contributed by atoms with Gasteiger partial charge in [-0.2, -0.15) is 13.2 Å². The van der Waals surface area contributed by atoms with Crippen LogP contribution < -0.4 is 4.74 Å². The van der Waals surface area contributed by atoms with Crippen LogP contribution >= 0.6 is 11.6 Å². The molecule has 118 valence electrons. The van der Waals surface area contributed by atoms with Crippen molar-refractivity contribution in [2.75, 3.05) is 0 Å². The van der Waals surface area contributed by atoms with E-state index in [1.807, 2.05) is 30.3 Å². The number of benzene rings is 2. The van der Waals surface area contributed by atoms with Crippen molar-refractivity contribution in [3.05, 3.63) is 70.9 Å². The monoisotopic (exact) mass is 337 g/mol. The van der Waals surface area contributed by atoms with E-state index >= 15 is 0 Å². The van der Waals surface area contributed by atoms with Gasteiger partial charge in [-0.1, -0.05) is 35.9 Å². The molecule has 0 aliphatic heterocycles. The van der Waals surface area contributed by atoms with Crippen molar-refractivity contribution in [1.82, 2.24) is 4.98 Å². The van der Waals surface area contributed by atoms with Gasteiger partial charge in [-0.05, 0) is 35.9 Å². The Morgan fingerprint density at radius 1 is 1.00 bits per heavy atom. The van der Waals surface area contributed by atoms with Crippen molar-refractivity contribution in [2.24, 2.45) is 0 Å². The van der Waals surface area contributed by atoms with Crippen LogP contribution in [-0.4, -0.2) is 4.98 Å². The molecule has 0 atom stereocenters. The largest absolute Gasteiger partial charge is 0.489 e. The molecule has 0 bridgehead atoms. The van der Waals surface area contributed by atoms with Gasteiger partial charge < -0.3 is 4.74 Å². The summed E-state index contributed by atoms with van der Waals surface area (Å²) in [4.78, 5) is 3.62. The van der Waals surface area contributed by atoms with E-state index in [1.165, 1.54) is 6.07 Å². The summed E-state index contributed by atoms with van der Waals surface area (Å²) < 4.78 is 43.8. The molecule has 0 N–H and O–H groups in total. The zero-order valence-corrected chi connectivity index (χ0v) is 12.5. The van der Waals surface area contributed by atoms with Crippen molar-refractivity contribution in [3.8, 4) is 5.75 Å². The highest BCUT2D eigenvalue weighted by Crippen LogP contribution is 2.33. The van der Waals surface area contributed by atoms with E-state index in [4.69, 9.17) is 16.3 Å². The van der Waals surface area contributed by atoms with E-state index < -0.39 is 11.9 Å². The number of hydrogen-bond donors (Lipinski definition) is 0. The zero-order valence-electron chi connectivity index (χ0n) is 11.8. The fourth-order valence-electron chi connectivity index (χ4n) is 2.15. The van der Waals surface area contributed by atoms with Gasteiger partial charge >= 0.3 is 6.18 Å². The molecule has 3 aromatic rings. The smallest absolute Gasteiger partial charge is 0.433 e. The normalized spacial score (nSPS) is 11.7. The average molecular weight is 338 g/mol. The highest BCUT2D eigenvalue weighted by Gasteiger charge is 2.33. The van der Waals surface area contributed by atoms with Gasteiger partial charge in [-0.15, -0.1) is 0 Å². The standard InChI is InChI=1S/C17H11ClF3NO/c18-14-9-16(17(19,20)21)22-15-7-6-11(8-13(14)15)10-23-12-4-2-1-3-5-12/h1-9H,10H2. The number of para-hydroxylation sites is 1. The van der Waals surface area contributed by atoms with E-state index in [0.717, 1.165) is 11.6 Å². The second kappa shape index (κ2) is 6.08. The maximum atomic E-state index is 12.7. The lowest BCUT2D eigenvalue weighted by molar-refractivity contribution is -0.140. The van der Waals surface area contributed by atoms with Crippen molar-refractivity contribution in [1.29, 1.82) is 0 Å². The van der Waals surface area contributed by atoms with E-state index in [1.54, 1.807) is 12.1 Å². The summed E-state index contributed by atoms with van der Waals surface area (Å²) in [6.45, 7) is 0.289. The molecule has 0 unspecified atom stereocenters. The summed E-state index contributed by atoms with van der Waals surface area (Å²) in [6.07, 6.45) is -4.52. The molecule has 0 amide bonds. The van der Waals surface area contributed by atoms with E-state index in [0.29, 0.717) is 11.1 Å². The predicted octanol–water partition coefficient (Wildman–Crippen LogP) is 5.49. The molecule has 1 aromatic heterocycles. The number of halogens is 4. The third-order valence-electron chi connectivity index (χ3n) is 3.26. The molecule has 0 aliphatic rings. The Labute approximate surface area is 135 Å². The Kier molecular flexibility index (Phi) is 4.13. The van der Waals surface area contributed by atoms with Gasteiger partial charge in [-0.3, -0.25) is 0 Å². The molecule has 1 heterocycles. The summed E-state index contributed by atoms with van der Waals surface area (Å²) in [7, 11) is 0. The van der Waals surface area contributed by atoms with Crippen LogP contribution in [0.2, 0.25) is 5.02 Å². The van der Waals surface area contributed by atoms with Crippen LogP contribution in [0.5, 0.6) is 5.75 Å². The lowest BCUT2D eigenvalue weighted by Crippen LogP contribution is -2.08. The Morgan fingerprint density at radius 2 is 1.74 bits per heavy atom. The zero-order chi connectivity index (χ0) is 16.4. The third kappa shape index (κ3) is 3.56. The Bertz CT molecular complexity index is 834. The fourth-order valence-corrected chi connectivity index (χ4v) is 2.40. The van der Waals surface area contributed by atoms with Crippen molar-refractivity contribution in [2.45, 2.75) is 12.8 Å². The molecular formula is C17H11ClF3NO.